The fourth-order valence-corrected chi connectivity index (χ4v) is 4.65. The Hall–Kier alpha value is -1.95. The largest absolute Gasteiger partial charge is 0.379 e. The number of hydrogen-bond acceptors (Lipinski definition) is 3. The average molecular weight is 417 g/mol. The molecule has 4 nitrogen and oxygen atoms in total. The second-order valence-corrected chi connectivity index (χ2v) is 8.25. The number of halogens is 2. The van der Waals surface area contributed by atoms with Crippen LogP contribution in [0.15, 0.2) is 48.5 Å². The van der Waals surface area contributed by atoms with E-state index in [4.69, 9.17) is 16.3 Å². The Bertz CT molecular complexity index is 865. The van der Waals surface area contributed by atoms with E-state index in [2.05, 4.69) is 10.2 Å². The molecule has 1 heterocycles. The Morgan fingerprint density at radius 1 is 1.17 bits per heavy atom. The quantitative estimate of drug-likeness (QED) is 0.771. The minimum Gasteiger partial charge on any atom is -0.379 e. The SMILES string of the molecule is O=C(NCC(c1ccccc1Cl)N1CCOCC1)C1(c2cccc(F)c2)CCC1. The molecule has 1 amide bonds. The van der Waals surface area contributed by atoms with E-state index in [9.17, 15) is 9.18 Å². The molecular formula is C23H26ClFN2O2. The molecule has 4 rings (SSSR count). The maximum atomic E-state index is 13.8. The minimum atomic E-state index is -0.627. The third kappa shape index (κ3) is 4.18. The van der Waals surface area contributed by atoms with E-state index in [0.717, 1.165) is 43.5 Å². The van der Waals surface area contributed by atoms with Crippen molar-refractivity contribution in [3.63, 3.8) is 0 Å². The molecule has 0 spiro atoms. The van der Waals surface area contributed by atoms with Crippen LogP contribution in [0.3, 0.4) is 0 Å². The third-order valence-electron chi connectivity index (χ3n) is 6.23. The van der Waals surface area contributed by atoms with Gasteiger partial charge >= 0.3 is 0 Å². The zero-order chi connectivity index (χ0) is 20.3. The molecule has 2 fully saturated rings. The third-order valence-corrected chi connectivity index (χ3v) is 6.57. The van der Waals surface area contributed by atoms with Gasteiger partial charge in [0.1, 0.15) is 5.82 Å². The highest BCUT2D eigenvalue weighted by Gasteiger charge is 2.46. The van der Waals surface area contributed by atoms with Gasteiger partial charge in [-0.05, 0) is 42.2 Å². The summed E-state index contributed by atoms with van der Waals surface area (Å²) in [6.45, 7) is 3.38. The molecule has 0 radical (unpaired) electrons. The van der Waals surface area contributed by atoms with Gasteiger partial charge in [0.05, 0.1) is 24.7 Å². The van der Waals surface area contributed by atoms with Crippen LogP contribution in [0.4, 0.5) is 4.39 Å². The van der Waals surface area contributed by atoms with Crippen LogP contribution in [0, 0.1) is 5.82 Å². The van der Waals surface area contributed by atoms with Crippen LogP contribution in [-0.2, 0) is 14.9 Å². The lowest BCUT2D eigenvalue weighted by Gasteiger charge is -2.42. The smallest absolute Gasteiger partial charge is 0.230 e. The van der Waals surface area contributed by atoms with Crippen molar-refractivity contribution >= 4 is 17.5 Å². The lowest BCUT2D eigenvalue weighted by molar-refractivity contribution is -0.130. The first kappa shape index (κ1) is 20.3. The van der Waals surface area contributed by atoms with Gasteiger partial charge < -0.3 is 10.1 Å². The fourth-order valence-electron chi connectivity index (χ4n) is 4.39. The van der Waals surface area contributed by atoms with Crippen molar-refractivity contribution in [2.45, 2.75) is 30.7 Å². The summed E-state index contributed by atoms with van der Waals surface area (Å²) >= 11 is 6.48. The van der Waals surface area contributed by atoms with Gasteiger partial charge in [-0.25, -0.2) is 4.39 Å². The second kappa shape index (κ2) is 8.82. The van der Waals surface area contributed by atoms with Crippen LogP contribution < -0.4 is 5.32 Å². The molecule has 1 aliphatic carbocycles. The molecule has 1 aliphatic heterocycles. The Labute approximate surface area is 176 Å². The second-order valence-electron chi connectivity index (χ2n) is 7.84. The van der Waals surface area contributed by atoms with Crippen LogP contribution >= 0.6 is 11.6 Å². The molecule has 2 aromatic carbocycles. The predicted molar refractivity (Wildman–Crippen MR) is 112 cm³/mol. The molecule has 154 valence electrons. The Kier molecular flexibility index (Phi) is 6.18. The Morgan fingerprint density at radius 3 is 2.59 bits per heavy atom. The molecule has 0 aromatic heterocycles. The number of carbonyl (C=O) groups excluding carboxylic acids is 1. The maximum Gasteiger partial charge on any atom is 0.230 e. The number of nitrogens with zero attached hydrogens (tertiary/aromatic N) is 1. The van der Waals surface area contributed by atoms with Gasteiger partial charge in [0.25, 0.3) is 0 Å². The van der Waals surface area contributed by atoms with Crippen LogP contribution in [0.1, 0.15) is 36.4 Å². The van der Waals surface area contributed by atoms with Gasteiger partial charge in [-0.2, -0.15) is 0 Å². The molecule has 6 heteroatoms. The molecule has 2 aromatic rings. The first-order valence-electron chi connectivity index (χ1n) is 10.2. The Balaban J connectivity index is 1.53. The fraction of sp³-hybridized carbons (Fsp3) is 0.435. The molecule has 1 unspecified atom stereocenters. The van der Waals surface area contributed by atoms with E-state index in [1.165, 1.54) is 12.1 Å². The van der Waals surface area contributed by atoms with Crippen molar-refractivity contribution in [3.8, 4) is 0 Å². The summed E-state index contributed by atoms with van der Waals surface area (Å²) in [6, 6.07) is 14.2. The monoisotopic (exact) mass is 416 g/mol. The van der Waals surface area contributed by atoms with Crippen molar-refractivity contribution in [2.75, 3.05) is 32.8 Å². The topological polar surface area (TPSA) is 41.6 Å². The summed E-state index contributed by atoms with van der Waals surface area (Å²) in [5.74, 6) is -0.330. The van der Waals surface area contributed by atoms with Crippen LogP contribution in [0.5, 0.6) is 0 Å². The highest BCUT2D eigenvalue weighted by Crippen LogP contribution is 2.44. The van der Waals surface area contributed by atoms with Gasteiger partial charge in [0.2, 0.25) is 5.91 Å². The van der Waals surface area contributed by atoms with E-state index in [-0.39, 0.29) is 17.8 Å². The van der Waals surface area contributed by atoms with E-state index in [1.54, 1.807) is 6.07 Å². The number of nitrogens with one attached hydrogen (secondary N) is 1. The molecule has 2 aliphatic rings. The summed E-state index contributed by atoms with van der Waals surface area (Å²) in [7, 11) is 0. The number of amides is 1. The normalized spacial score (nSPS) is 19.9. The number of ether oxygens (including phenoxy) is 1. The van der Waals surface area contributed by atoms with Crippen molar-refractivity contribution in [1.29, 1.82) is 0 Å². The molecule has 1 saturated carbocycles. The highest BCUT2D eigenvalue weighted by molar-refractivity contribution is 6.31. The molecule has 1 atom stereocenters. The summed E-state index contributed by atoms with van der Waals surface area (Å²) < 4.78 is 19.3. The summed E-state index contributed by atoms with van der Waals surface area (Å²) in [5.41, 5.74) is 1.14. The summed E-state index contributed by atoms with van der Waals surface area (Å²) in [6.07, 6.45) is 2.47. The Morgan fingerprint density at radius 2 is 1.93 bits per heavy atom. The summed E-state index contributed by atoms with van der Waals surface area (Å²) in [5, 5.41) is 3.86. The zero-order valence-electron chi connectivity index (χ0n) is 16.4. The van der Waals surface area contributed by atoms with E-state index < -0.39 is 5.41 Å². The van der Waals surface area contributed by atoms with Gasteiger partial charge in [-0.15, -0.1) is 0 Å². The van der Waals surface area contributed by atoms with E-state index in [0.29, 0.717) is 24.8 Å². The van der Waals surface area contributed by atoms with Crippen molar-refractivity contribution < 1.29 is 13.9 Å². The number of carbonyl (C=O) groups is 1. The lowest BCUT2D eigenvalue weighted by atomic mass is 9.63. The van der Waals surface area contributed by atoms with E-state index >= 15 is 0 Å². The van der Waals surface area contributed by atoms with Gasteiger partial charge in [-0.1, -0.05) is 48.4 Å². The number of benzene rings is 2. The number of morpholine rings is 1. The van der Waals surface area contributed by atoms with Gasteiger partial charge in [0.15, 0.2) is 0 Å². The maximum absolute atomic E-state index is 13.8. The number of hydrogen-bond donors (Lipinski definition) is 1. The number of rotatable bonds is 6. The van der Waals surface area contributed by atoms with Crippen LogP contribution in [-0.4, -0.2) is 43.7 Å². The molecule has 0 bridgehead atoms. The van der Waals surface area contributed by atoms with Gasteiger partial charge in [0, 0.05) is 24.7 Å². The van der Waals surface area contributed by atoms with Crippen LogP contribution in [0.2, 0.25) is 5.02 Å². The van der Waals surface area contributed by atoms with E-state index in [1.807, 2.05) is 30.3 Å². The van der Waals surface area contributed by atoms with Crippen LogP contribution in [0.25, 0.3) is 0 Å². The zero-order valence-corrected chi connectivity index (χ0v) is 17.1. The molecular weight excluding hydrogens is 391 g/mol. The molecule has 29 heavy (non-hydrogen) atoms. The van der Waals surface area contributed by atoms with Crippen molar-refractivity contribution in [1.82, 2.24) is 10.2 Å². The first-order chi connectivity index (χ1) is 14.1. The minimum absolute atomic E-state index is 0.0267. The molecule has 1 N–H and O–H groups in total. The van der Waals surface area contributed by atoms with Gasteiger partial charge in [-0.3, -0.25) is 9.69 Å². The highest BCUT2D eigenvalue weighted by atomic mass is 35.5. The summed E-state index contributed by atoms with van der Waals surface area (Å²) in [4.78, 5) is 15.6. The van der Waals surface area contributed by atoms with Crippen molar-refractivity contribution in [2.24, 2.45) is 0 Å². The average Bonchev–Trinajstić information content (AvgIpc) is 2.69. The molecule has 1 saturated heterocycles. The standard InChI is InChI=1S/C23H26ClFN2O2/c24-20-8-2-1-7-19(20)21(27-11-13-29-14-12-27)16-26-22(28)23(9-4-10-23)17-5-3-6-18(25)15-17/h1-3,5-8,15,21H,4,9-14,16H2,(H,26,28). The predicted octanol–water partition coefficient (Wildman–Crippen LogP) is 4.09. The first-order valence-corrected chi connectivity index (χ1v) is 10.6. The van der Waals surface area contributed by atoms with Crippen molar-refractivity contribution in [3.05, 3.63) is 70.5 Å². The lowest BCUT2D eigenvalue weighted by Crippen LogP contribution is -2.51.